The van der Waals surface area contributed by atoms with Crippen LogP contribution in [-0.4, -0.2) is 63.6 Å². The highest BCUT2D eigenvalue weighted by Gasteiger charge is 2.17. The second-order valence-electron chi connectivity index (χ2n) is 13.8. The Morgan fingerprint density at radius 2 is 1.05 bits per heavy atom. The lowest BCUT2D eigenvalue weighted by Crippen LogP contribution is -2.27. The second kappa shape index (κ2) is 19.6. The number of aromatic nitrogens is 8. The number of nitrogens with zero attached hydrogens (tertiary/aromatic N) is 8. The zero-order valence-corrected chi connectivity index (χ0v) is 33.1. The first-order valence-corrected chi connectivity index (χ1v) is 17.6. The normalized spacial score (nSPS) is 10.7. The largest absolute Gasteiger partial charge is 0.444 e. The minimum atomic E-state index is -0.582. The third-order valence-electron chi connectivity index (χ3n) is 6.89. The molecular formula is C39H47ClN14O2. The minimum Gasteiger partial charge on any atom is -0.444 e. The first-order chi connectivity index (χ1) is 26.3. The van der Waals surface area contributed by atoms with Gasteiger partial charge in [-0.3, -0.25) is 15.3 Å². The van der Waals surface area contributed by atoms with Crippen LogP contribution >= 0.6 is 12.4 Å². The first kappa shape index (κ1) is 42.1. The number of nitrogens with two attached hydrogens (primary N) is 1. The van der Waals surface area contributed by atoms with Crippen LogP contribution in [0.1, 0.15) is 48.5 Å². The fraction of sp³-hybridized carbons (Fsp3) is 0.256. The Morgan fingerprint density at radius 1 is 0.607 bits per heavy atom. The van der Waals surface area contributed by atoms with Gasteiger partial charge in [-0.15, -0.1) is 12.4 Å². The van der Waals surface area contributed by atoms with Crippen molar-refractivity contribution >= 4 is 65.0 Å². The Bertz CT molecular complexity index is 2170. The van der Waals surface area contributed by atoms with Gasteiger partial charge in [0.25, 0.3) is 0 Å². The Kier molecular flexibility index (Phi) is 14.7. The van der Waals surface area contributed by atoms with Gasteiger partial charge in [0.05, 0.1) is 0 Å². The number of benzene rings is 2. The van der Waals surface area contributed by atoms with Crippen molar-refractivity contribution in [3.05, 3.63) is 97.6 Å². The van der Waals surface area contributed by atoms with E-state index in [-0.39, 0.29) is 24.5 Å². The summed E-state index contributed by atoms with van der Waals surface area (Å²) in [5.41, 5.74) is 9.74. The van der Waals surface area contributed by atoms with Crippen LogP contribution in [0.25, 0.3) is 22.8 Å². The van der Waals surface area contributed by atoms with Crippen LogP contribution in [0, 0.1) is 0 Å². The summed E-state index contributed by atoms with van der Waals surface area (Å²) in [5, 5.41) is 15.5. The number of anilines is 8. The maximum atomic E-state index is 12.1. The van der Waals surface area contributed by atoms with Crippen molar-refractivity contribution in [1.82, 2.24) is 39.9 Å². The van der Waals surface area contributed by atoms with E-state index >= 15 is 0 Å². The third kappa shape index (κ3) is 13.6. The Morgan fingerprint density at radius 3 is 1.50 bits per heavy atom. The molecule has 0 fully saturated rings. The zero-order valence-electron chi connectivity index (χ0n) is 32.3. The van der Waals surface area contributed by atoms with Crippen LogP contribution in [0.3, 0.4) is 0 Å². The first-order valence-electron chi connectivity index (χ1n) is 17.6. The van der Waals surface area contributed by atoms with E-state index in [1.165, 1.54) is 0 Å². The SMILES string of the molecule is CC(C)Nc1nc(Nc2ccncc2)nc(-c2cccc(N)c2)n1.CC(C)Nc1nc(Nc2ccncc2)nc(-c2cccc(NC(=O)OC(C)(C)C)c2)n1.Cl. The predicted octanol–water partition coefficient (Wildman–Crippen LogP) is 8.35. The molecule has 16 nitrogen and oxygen atoms in total. The van der Waals surface area contributed by atoms with Gasteiger partial charge < -0.3 is 31.7 Å². The molecule has 0 atom stereocenters. The highest BCUT2D eigenvalue weighted by molar-refractivity contribution is 5.86. The molecule has 0 unspecified atom stereocenters. The molecule has 4 aromatic heterocycles. The maximum absolute atomic E-state index is 12.1. The van der Waals surface area contributed by atoms with Crippen molar-refractivity contribution in [1.29, 1.82) is 0 Å². The van der Waals surface area contributed by atoms with Gasteiger partial charge in [0.2, 0.25) is 23.8 Å². The summed E-state index contributed by atoms with van der Waals surface area (Å²) in [5.74, 6) is 2.82. The second-order valence-corrected chi connectivity index (χ2v) is 13.8. The lowest BCUT2D eigenvalue weighted by atomic mass is 10.2. The average molecular weight is 779 g/mol. The fourth-order valence-electron chi connectivity index (χ4n) is 4.73. The van der Waals surface area contributed by atoms with Gasteiger partial charge in [0, 0.05) is 70.7 Å². The molecule has 17 heteroatoms. The number of carbonyl (C=O) groups is 1. The zero-order chi connectivity index (χ0) is 39.4. The van der Waals surface area contributed by atoms with E-state index in [0.717, 1.165) is 22.5 Å². The molecule has 0 saturated heterocycles. The highest BCUT2D eigenvalue weighted by Crippen LogP contribution is 2.25. The molecule has 0 bridgehead atoms. The van der Waals surface area contributed by atoms with Gasteiger partial charge in [-0.2, -0.15) is 29.9 Å². The smallest absolute Gasteiger partial charge is 0.412 e. The third-order valence-corrected chi connectivity index (χ3v) is 6.89. The van der Waals surface area contributed by atoms with E-state index in [1.54, 1.807) is 36.9 Å². The van der Waals surface area contributed by atoms with Crippen molar-refractivity contribution in [2.24, 2.45) is 0 Å². The van der Waals surface area contributed by atoms with E-state index in [2.05, 4.69) is 66.5 Å². The minimum absolute atomic E-state index is 0. The van der Waals surface area contributed by atoms with Crippen LogP contribution in [0.15, 0.2) is 97.6 Å². The van der Waals surface area contributed by atoms with E-state index in [9.17, 15) is 4.79 Å². The molecule has 0 aliphatic carbocycles. The summed E-state index contributed by atoms with van der Waals surface area (Å²) in [7, 11) is 0. The van der Waals surface area contributed by atoms with Crippen molar-refractivity contribution in [2.45, 2.75) is 66.2 Å². The predicted molar refractivity (Wildman–Crippen MR) is 225 cm³/mol. The molecule has 6 rings (SSSR count). The number of hydrogen-bond donors (Lipinski definition) is 6. The number of carbonyl (C=O) groups excluding carboxylic acids is 1. The molecule has 7 N–H and O–H groups in total. The molecule has 56 heavy (non-hydrogen) atoms. The standard InChI is InChI=1S/C22H27N7O2.C17H19N7.ClH/c1-14(2)24-19-27-18(28-20(29-19)25-16-9-11-23-12-10-16)15-7-6-8-17(13-15)26-21(30)31-22(3,4)5;1-11(2)20-16-22-15(12-4-3-5-13(18)10-12)23-17(24-16)21-14-6-8-19-9-7-14;/h6-14H,1-5H3,(H,26,30)(H2,23,24,25,27,28,29);3-11H,18H2,1-2H3,(H2,19,20,21,22,23,24);1H. The highest BCUT2D eigenvalue weighted by atomic mass is 35.5. The number of rotatable bonds is 11. The van der Waals surface area contributed by atoms with E-state index in [1.807, 2.05) is 109 Å². The number of amides is 1. The summed E-state index contributed by atoms with van der Waals surface area (Å²) in [6, 6.07) is 22.4. The molecule has 2 aromatic carbocycles. The van der Waals surface area contributed by atoms with Crippen LogP contribution in [-0.2, 0) is 4.74 Å². The lowest BCUT2D eigenvalue weighted by molar-refractivity contribution is 0.0636. The van der Waals surface area contributed by atoms with Gasteiger partial charge in [-0.1, -0.05) is 24.3 Å². The van der Waals surface area contributed by atoms with Crippen LogP contribution in [0.4, 0.5) is 51.3 Å². The van der Waals surface area contributed by atoms with E-state index in [0.29, 0.717) is 46.8 Å². The van der Waals surface area contributed by atoms with Gasteiger partial charge >= 0.3 is 6.09 Å². The van der Waals surface area contributed by atoms with Gasteiger partial charge in [0.15, 0.2) is 11.6 Å². The molecule has 0 radical (unpaired) electrons. The molecule has 0 spiro atoms. The maximum Gasteiger partial charge on any atom is 0.412 e. The Labute approximate surface area is 332 Å². The van der Waals surface area contributed by atoms with Crippen molar-refractivity contribution in [2.75, 3.05) is 32.3 Å². The molecular weight excluding hydrogens is 732 g/mol. The van der Waals surface area contributed by atoms with E-state index in [4.69, 9.17) is 10.5 Å². The van der Waals surface area contributed by atoms with Crippen LogP contribution < -0.4 is 32.3 Å². The quantitative estimate of drug-likeness (QED) is 0.0682. The number of hydrogen-bond acceptors (Lipinski definition) is 15. The number of nitrogen functional groups attached to an aromatic ring is 1. The molecule has 1 amide bonds. The van der Waals surface area contributed by atoms with Gasteiger partial charge in [0.1, 0.15) is 5.60 Å². The van der Waals surface area contributed by atoms with Crippen LogP contribution in [0.2, 0.25) is 0 Å². The molecule has 0 aliphatic rings. The summed E-state index contributed by atoms with van der Waals surface area (Å²) < 4.78 is 5.32. The summed E-state index contributed by atoms with van der Waals surface area (Å²) >= 11 is 0. The summed E-state index contributed by atoms with van der Waals surface area (Å²) in [6.07, 6.45) is 6.25. The number of halogens is 1. The van der Waals surface area contributed by atoms with Crippen molar-refractivity contribution in [3.8, 4) is 22.8 Å². The monoisotopic (exact) mass is 778 g/mol. The molecule has 6 aromatic rings. The number of pyridine rings is 2. The molecule has 4 heterocycles. The molecule has 0 saturated carbocycles. The number of nitrogens with one attached hydrogen (secondary N) is 5. The Hall–Kier alpha value is -6.68. The van der Waals surface area contributed by atoms with E-state index < -0.39 is 11.7 Å². The molecule has 0 aliphatic heterocycles. The molecule has 292 valence electrons. The average Bonchev–Trinajstić information content (AvgIpc) is 3.11. The van der Waals surface area contributed by atoms with Crippen molar-refractivity contribution in [3.63, 3.8) is 0 Å². The topological polar surface area (TPSA) is 216 Å². The summed E-state index contributed by atoms with van der Waals surface area (Å²) in [6.45, 7) is 13.5. The van der Waals surface area contributed by atoms with Crippen molar-refractivity contribution < 1.29 is 9.53 Å². The summed E-state index contributed by atoms with van der Waals surface area (Å²) in [4.78, 5) is 47.1. The number of ether oxygens (including phenoxy) is 1. The fourth-order valence-corrected chi connectivity index (χ4v) is 4.73. The van der Waals surface area contributed by atoms with Crippen LogP contribution in [0.5, 0.6) is 0 Å². The lowest BCUT2D eigenvalue weighted by Gasteiger charge is -2.19. The Balaban J connectivity index is 0.000000252. The van der Waals surface area contributed by atoms with Gasteiger partial charge in [-0.25, -0.2) is 4.79 Å². The van der Waals surface area contributed by atoms with Gasteiger partial charge in [-0.05, 0) is 97.0 Å².